The van der Waals surface area contributed by atoms with Crippen molar-refractivity contribution in [2.75, 3.05) is 6.54 Å². The Hall–Kier alpha value is -0.820. The number of aryl methyl sites for hydroxylation is 1. The quantitative estimate of drug-likeness (QED) is 0.757. The van der Waals surface area contributed by atoms with Gasteiger partial charge in [-0.3, -0.25) is 0 Å². The average molecular weight is 189 g/mol. The summed E-state index contributed by atoms with van der Waals surface area (Å²) in [6.07, 6.45) is 6.54. The summed E-state index contributed by atoms with van der Waals surface area (Å²) in [6, 6.07) is 10.7. The number of nitrogens with two attached hydrogens (primary N) is 1. The number of hydrogen-bond donors (Lipinski definition) is 1. The van der Waals surface area contributed by atoms with Gasteiger partial charge >= 0.3 is 0 Å². The zero-order valence-electron chi connectivity index (χ0n) is 8.71. The molecule has 14 heavy (non-hydrogen) atoms. The third-order valence-corrected chi connectivity index (χ3v) is 3.41. The molecule has 0 heterocycles. The van der Waals surface area contributed by atoms with E-state index < -0.39 is 0 Å². The van der Waals surface area contributed by atoms with Crippen molar-refractivity contribution in [1.82, 2.24) is 0 Å². The topological polar surface area (TPSA) is 26.0 Å². The summed E-state index contributed by atoms with van der Waals surface area (Å²) in [5, 5.41) is 0. The van der Waals surface area contributed by atoms with Crippen molar-refractivity contribution in [1.29, 1.82) is 0 Å². The van der Waals surface area contributed by atoms with E-state index in [1.807, 2.05) is 0 Å². The normalized spacial score (nSPS) is 18.1. The molecule has 0 aromatic heterocycles. The van der Waals surface area contributed by atoms with Gasteiger partial charge in [0.25, 0.3) is 0 Å². The van der Waals surface area contributed by atoms with Gasteiger partial charge in [0.1, 0.15) is 0 Å². The molecule has 0 atom stereocenters. The molecular formula is C13H19N. The Kier molecular flexibility index (Phi) is 2.87. The summed E-state index contributed by atoms with van der Waals surface area (Å²) >= 11 is 0. The van der Waals surface area contributed by atoms with Crippen molar-refractivity contribution in [3.05, 3.63) is 35.9 Å². The molecule has 0 saturated heterocycles. The van der Waals surface area contributed by atoms with Crippen LogP contribution in [-0.4, -0.2) is 6.54 Å². The molecule has 0 aliphatic heterocycles. The Bertz CT molecular complexity index is 275. The van der Waals surface area contributed by atoms with Gasteiger partial charge in [-0.2, -0.15) is 0 Å². The highest BCUT2D eigenvalue weighted by Gasteiger charge is 2.39. The molecule has 1 aromatic carbocycles. The highest BCUT2D eigenvalue weighted by atomic mass is 14.6. The van der Waals surface area contributed by atoms with E-state index in [0.717, 1.165) is 6.54 Å². The van der Waals surface area contributed by atoms with Crippen molar-refractivity contribution < 1.29 is 0 Å². The van der Waals surface area contributed by atoms with E-state index in [4.69, 9.17) is 5.73 Å². The highest BCUT2D eigenvalue weighted by Crippen LogP contribution is 2.48. The smallest absolute Gasteiger partial charge is 0.00205 e. The van der Waals surface area contributed by atoms with Gasteiger partial charge in [0.05, 0.1) is 0 Å². The molecule has 1 aliphatic carbocycles. The minimum atomic E-state index is 0.550. The Balaban J connectivity index is 1.73. The van der Waals surface area contributed by atoms with Crippen LogP contribution >= 0.6 is 0 Å². The first-order valence-corrected chi connectivity index (χ1v) is 5.59. The lowest BCUT2D eigenvalue weighted by atomic mass is 9.97. The third kappa shape index (κ3) is 2.36. The lowest BCUT2D eigenvalue weighted by Gasteiger charge is -2.11. The molecule has 1 nitrogen and oxygen atoms in total. The average Bonchev–Trinajstić information content (AvgIpc) is 3.00. The zero-order valence-corrected chi connectivity index (χ0v) is 8.71. The van der Waals surface area contributed by atoms with Gasteiger partial charge in [-0.05, 0) is 49.6 Å². The van der Waals surface area contributed by atoms with Gasteiger partial charge in [-0.1, -0.05) is 30.3 Å². The summed E-state index contributed by atoms with van der Waals surface area (Å²) in [4.78, 5) is 0. The molecule has 0 unspecified atom stereocenters. The standard InChI is InChI=1S/C13H19N/c14-11-13(9-10-13)8-4-7-12-5-2-1-3-6-12/h1-3,5-6H,4,7-11,14H2. The van der Waals surface area contributed by atoms with Gasteiger partial charge in [0, 0.05) is 0 Å². The Morgan fingerprint density at radius 1 is 1.14 bits per heavy atom. The molecular weight excluding hydrogens is 170 g/mol. The van der Waals surface area contributed by atoms with Crippen molar-refractivity contribution in [3.63, 3.8) is 0 Å². The predicted molar refractivity (Wildman–Crippen MR) is 60.1 cm³/mol. The molecule has 1 fully saturated rings. The minimum absolute atomic E-state index is 0.550. The maximum Gasteiger partial charge on any atom is -0.00205 e. The van der Waals surface area contributed by atoms with Crippen LogP contribution in [0.4, 0.5) is 0 Å². The van der Waals surface area contributed by atoms with Gasteiger partial charge < -0.3 is 5.73 Å². The molecule has 0 radical (unpaired) electrons. The van der Waals surface area contributed by atoms with E-state index >= 15 is 0 Å². The molecule has 2 rings (SSSR count). The first kappa shape index (κ1) is 9.72. The highest BCUT2D eigenvalue weighted by molar-refractivity contribution is 5.14. The largest absolute Gasteiger partial charge is 0.330 e. The molecule has 1 saturated carbocycles. The summed E-state index contributed by atoms with van der Waals surface area (Å²) in [5.41, 5.74) is 7.76. The van der Waals surface area contributed by atoms with Crippen LogP contribution < -0.4 is 5.73 Å². The summed E-state index contributed by atoms with van der Waals surface area (Å²) in [5.74, 6) is 0. The zero-order chi connectivity index (χ0) is 9.86. The van der Waals surface area contributed by atoms with E-state index in [0.29, 0.717) is 5.41 Å². The summed E-state index contributed by atoms with van der Waals surface area (Å²) in [7, 11) is 0. The molecule has 76 valence electrons. The first-order chi connectivity index (χ1) is 6.85. The number of benzene rings is 1. The van der Waals surface area contributed by atoms with Crippen LogP contribution in [0, 0.1) is 5.41 Å². The molecule has 0 spiro atoms. The van der Waals surface area contributed by atoms with Crippen LogP contribution in [0.25, 0.3) is 0 Å². The fraction of sp³-hybridized carbons (Fsp3) is 0.538. The van der Waals surface area contributed by atoms with Gasteiger partial charge in [-0.15, -0.1) is 0 Å². The molecule has 0 bridgehead atoms. The molecule has 1 heteroatoms. The van der Waals surface area contributed by atoms with Crippen molar-refractivity contribution in [2.24, 2.45) is 11.1 Å². The van der Waals surface area contributed by atoms with Gasteiger partial charge in [-0.25, -0.2) is 0 Å². The predicted octanol–water partition coefficient (Wildman–Crippen LogP) is 2.75. The number of hydrogen-bond acceptors (Lipinski definition) is 1. The fourth-order valence-electron chi connectivity index (χ4n) is 2.05. The van der Waals surface area contributed by atoms with E-state index in [9.17, 15) is 0 Å². The second kappa shape index (κ2) is 4.14. The Labute approximate surface area is 86.3 Å². The molecule has 2 N–H and O–H groups in total. The monoisotopic (exact) mass is 189 g/mol. The Morgan fingerprint density at radius 3 is 2.43 bits per heavy atom. The maximum absolute atomic E-state index is 5.75. The molecule has 0 amide bonds. The molecule has 1 aliphatic rings. The van der Waals surface area contributed by atoms with Crippen LogP contribution in [-0.2, 0) is 6.42 Å². The third-order valence-electron chi connectivity index (χ3n) is 3.41. The fourth-order valence-corrected chi connectivity index (χ4v) is 2.05. The Morgan fingerprint density at radius 2 is 1.86 bits per heavy atom. The van der Waals surface area contributed by atoms with Crippen LogP contribution in [0.3, 0.4) is 0 Å². The maximum atomic E-state index is 5.75. The van der Waals surface area contributed by atoms with Gasteiger partial charge in [0.2, 0.25) is 0 Å². The van der Waals surface area contributed by atoms with E-state index in [2.05, 4.69) is 30.3 Å². The minimum Gasteiger partial charge on any atom is -0.330 e. The van der Waals surface area contributed by atoms with Gasteiger partial charge in [0.15, 0.2) is 0 Å². The number of rotatable bonds is 5. The van der Waals surface area contributed by atoms with Crippen molar-refractivity contribution in [3.8, 4) is 0 Å². The lowest BCUT2D eigenvalue weighted by molar-refractivity contribution is 0.460. The van der Waals surface area contributed by atoms with Crippen molar-refractivity contribution in [2.45, 2.75) is 32.1 Å². The van der Waals surface area contributed by atoms with E-state index in [-0.39, 0.29) is 0 Å². The van der Waals surface area contributed by atoms with Crippen LogP contribution in [0.1, 0.15) is 31.2 Å². The van der Waals surface area contributed by atoms with Crippen LogP contribution in [0.2, 0.25) is 0 Å². The molecule has 1 aromatic rings. The van der Waals surface area contributed by atoms with Crippen LogP contribution in [0.15, 0.2) is 30.3 Å². The second-order valence-corrected chi connectivity index (χ2v) is 4.54. The first-order valence-electron chi connectivity index (χ1n) is 5.59. The van der Waals surface area contributed by atoms with Crippen molar-refractivity contribution >= 4 is 0 Å². The summed E-state index contributed by atoms with van der Waals surface area (Å²) in [6.45, 7) is 0.891. The van der Waals surface area contributed by atoms with E-state index in [1.54, 1.807) is 0 Å². The summed E-state index contributed by atoms with van der Waals surface area (Å²) < 4.78 is 0. The lowest BCUT2D eigenvalue weighted by Crippen LogP contribution is -2.15. The second-order valence-electron chi connectivity index (χ2n) is 4.54. The van der Waals surface area contributed by atoms with E-state index in [1.165, 1.54) is 37.7 Å². The van der Waals surface area contributed by atoms with Crippen LogP contribution in [0.5, 0.6) is 0 Å². The SMILES string of the molecule is NCC1(CCCc2ccccc2)CC1.